The Kier molecular flexibility index (Phi) is 6.20. The van der Waals surface area contributed by atoms with Gasteiger partial charge in [0.2, 0.25) is 0 Å². The minimum atomic E-state index is -0.673. The summed E-state index contributed by atoms with van der Waals surface area (Å²) in [5, 5.41) is 3.67. The lowest BCUT2D eigenvalue weighted by molar-refractivity contribution is 0.315. The fraction of sp³-hybridized carbons (Fsp3) is 0.625. The van der Waals surface area contributed by atoms with E-state index in [0.29, 0.717) is 12.1 Å². The summed E-state index contributed by atoms with van der Waals surface area (Å²) in [6.07, 6.45) is 3.99. The molecule has 1 fully saturated rings. The molecule has 1 aliphatic heterocycles. The minimum Gasteiger partial charge on any atom is -0.310 e. The van der Waals surface area contributed by atoms with E-state index < -0.39 is 10.8 Å². The lowest BCUT2D eigenvalue weighted by atomic mass is 10.2. The molecule has 0 bridgehead atoms. The predicted molar refractivity (Wildman–Crippen MR) is 86.3 cm³/mol. The van der Waals surface area contributed by atoms with Crippen LogP contribution in [0.15, 0.2) is 30.3 Å². The lowest BCUT2D eigenvalue weighted by Crippen LogP contribution is -2.39. The quantitative estimate of drug-likeness (QED) is 0.835. The Morgan fingerprint density at radius 3 is 2.85 bits per heavy atom. The molecule has 1 aromatic carbocycles. The van der Waals surface area contributed by atoms with Crippen LogP contribution in [0.1, 0.15) is 25.3 Å². The van der Waals surface area contributed by atoms with Gasteiger partial charge in [-0.15, -0.1) is 0 Å². The van der Waals surface area contributed by atoms with Crippen molar-refractivity contribution in [2.45, 2.75) is 38.4 Å². The highest BCUT2D eigenvalue weighted by atomic mass is 32.2. The Labute approximate surface area is 125 Å². The van der Waals surface area contributed by atoms with Crippen LogP contribution in [-0.4, -0.2) is 46.3 Å². The van der Waals surface area contributed by atoms with Crippen molar-refractivity contribution in [3.63, 3.8) is 0 Å². The molecule has 1 aromatic rings. The Bertz CT molecular complexity index is 424. The van der Waals surface area contributed by atoms with Gasteiger partial charge in [0.15, 0.2) is 0 Å². The van der Waals surface area contributed by atoms with Crippen LogP contribution in [0.2, 0.25) is 0 Å². The van der Waals surface area contributed by atoms with Crippen molar-refractivity contribution < 1.29 is 4.21 Å². The van der Waals surface area contributed by atoms with Crippen LogP contribution in [0, 0.1) is 0 Å². The van der Waals surface area contributed by atoms with E-state index >= 15 is 0 Å². The molecule has 1 aliphatic rings. The fourth-order valence-corrected chi connectivity index (χ4v) is 3.47. The van der Waals surface area contributed by atoms with E-state index in [9.17, 15) is 4.21 Å². The van der Waals surface area contributed by atoms with Gasteiger partial charge in [0.25, 0.3) is 0 Å². The zero-order chi connectivity index (χ0) is 14.4. The third-order valence-electron chi connectivity index (χ3n) is 3.88. The number of likely N-dealkylation sites (tertiary alicyclic amines) is 1. The maximum Gasteiger partial charge on any atom is 0.0246 e. The van der Waals surface area contributed by atoms with Crippen molar-refractivity contribution in [1.29, 1.82) is 0 Å². The standard InChI is InChI=1S/C16H26N2OS/c1-14(9-11-20(2)19)17-16-8-10-18(13-16)12-15-6-4-3-5-7-15/h3-7,14,16-17H,8-13H2,1-2H3. The van der Waals surface area contributed by atoms with E-state index in [-0.39, 0.29) is 0 Å². The van der Waals surface area contributed by atoms with Gasteiger partial charge in [0.05, 0.1) is 0 Å². The molecule has 0 saturated carbocycles. The number of benzene rings is 1. The molecule has 112 valence electrons. The van der Waals surface area contributed by atoms with Crippen LogP contribution >= 0.6 is 0 Å². The van der Waals surface area contributed by atoms with Gasteiger partial charge in [0, 0.05) is 54.5 Å². The first kappa shape index (κ1) is 15.7. The summed E-state index contributed by atoms with van der Waals surface area (Å²) in [6.45, 7) is 5.53. The van der Waals surface area contributed by atoms with Gasteiger partial charge >= 0.3 is 0 Å². The van der Waals surface area contributed by atoms with E-state index in [1.807, 2.05) is 0 Å². The SMILES string of the molecule is CC(CCS(C)=O)NC1CCN(Cc2ccccc2)C1. The lowest BCUT2D eigenvalue weighted by Gasteiger charge is -2.20. The van der Waals surface area contributed by atoms with E-state index in [0.717, 1.165) is 25.3 Å². The van der Waals surface area contributed by atoms with Crippen LogP contribution in [0.4, 0.5) is 0 Å². The van der Waals surface area contributed by atoms with Gasteiger partial charge in [-0.2, -0.15) is 0 Å². The maximum atomic E-state index is 11.1. The number of nitrogens with zero attached hydrogens (tertiary/aromatic N) is 1. The zero-order valence-corrected chi connectivity index (χ0v) is 13.4. The average molecular weight is 294 g/mol. The molecule has 1 heterocycles. The molecule has 1 N–H and O–H groups in total. The average Bonchev–Trinajstić information content (AvgIpc) is 2.85. The van der Waals surface area contributed by atoms with Crippen LogP contribution in [-0.2, 0) is 17.3 Å². The van der Waals surface area contributed by atoms with E-state index in [4.69, 9.17) is 0 Å². The summed E-state index contributed by atoms with van der Waals surface area (Å²) in [5.41, 5.74) is 1.39. The molecule has 0 aliphatic carbocycles. The molecule has 1 saturated heterocycles. The first-order valence-electron chi connectivity index (χ1n) is 7.46. The number of nitrogens with one attached hydrogen (secondary N) is 1. The van der Waals surface area contributed by atoms with Crippen molar-refractivity contribution in [3.8, 4) is 0 Å². The van der Waals surface area contributed by atoms with Crippen LogP contribution in [0.25, 0.3) is 0 Å². The van der Waals surface area contributed by atoms with Gasteiger partial charge in [-0.25, -0.2) is 0 Å². The molecule has 4 heteroatoms. The van der Waals surface area contributed by atoms with Crippen molar-refractivity contribution in [1.82, 2.24) is 10.2 Å². The highest BCUT2D eigenvalue weighted by Crippen LogP contribution is 2.14. The second-order valence-electron chi connectivity index (χ2n) is 5.84. The van der Waals surface area contributed by atoms with E-state index in [1.165, 1.54) is 18.5 Å². The highest BCUT2D eigenvalue weighted by Gasteiger charge is 2.23. The molecule has 3 atom stereocenters. The smallest absolute Gasteiger partial charge is 0.0246 e. The maximum absolute atomic E-state index is 11.1. The van der Waals surface area contributed by atoms with Gasteiger partial charge < -0.3 is 5.32 Å². The van der Waals surface area contributed by atoms with E-state index in [1.54, 1.807) is 6.26 Å². The Balaban J connectivity index is 1.71. The van der Waals surface area contributed by atoms with Crippen molar-refractivity contribution >= 4 is 10.8 Å². The molecule has 0 radical (unpaired) electrons. The Hall–Kier alpha value is -0.710. The van der Waals surface area contributed by atoms with Gasteiger partial charge in [-0.05, 0) is 25.3 Å². The van der Waals surface area contributed by atoms with Crippen LogP contribution < -0.4 is 5.32 Å². The third-order valence-corrected chi connectivity index (χ3v) is 4.69. The largest absolute Gasteiger partial charge is 0.310 e. The van der Waals surface area contributed by atoms with Crippen molar-refractivity contribution in [2.24, 2.45) is 0 Å². The third kappa shape index (κ3) is 5.35. The molecular weight excluding hydrogens is 268 g/mol. The fourth-order valence-electron chi connectivity index (χ4n) is 2.78. The van der Waals surface area contributed by atoms with Crippen molar-refractivity contribution in [2.75, 3.05) is 25.1 Å². The summed E-state index contributed by atoms with van der Waals surface area (Å²) >= 11 is 0. The van der Waals surface area contributed by atoms with Gasteiger partial charge in [-0.3, -0.25) is 9.11 Å². The first-order valence-corrected chi connectivity index (χ1v) is 9.18. The van der Waals surface area contributed by atoms with Crippen molar-refractivity contribution in [3.05, 3.63) is 35.9 Å². The second-order valence-corrected chi connectivity index (χ2v) is 7.39. The first-order chi connectivity index (χ1) is 9.63. The molecule has 2 rings (SSSR count). The molecule has 0 amide bonds. The zero-order valence-electron chi connectivity index (χ0n) is 12.5. The van der Waals surface area contributed by atoms with Crippen LogP contribution in [0.3, 0.4) is 0 Å². The number of rotatable bonds is 7. The normalized spacial score (nSPS) is 22.8. The van der Waals surface area contributed by atoms with Gasteiger partial charge in [-0.1, -0.05) is 30.3 Å². The summed E-state index contributed by atoms with van der Waals surface area (Å²) in [5.74, 6) is 0.800. The Morgan fingerprint density at radius 1 is 1.40 bits per heavy atom. The summed E-state index contributed by atoms with van der Waals surface area (Å²) < 4.78 is 11.1. The molecule has 20 heavy (non-hydrogen) atoms. The number of hydrogen-bond acceptors (Lipinski definition) is 3. The Morgan fingerprint density at radius 2 is 2.15 bits per heavy atom. The van der Waals surface area contributed by atoms with E-state index in [2.05, 4.69) is 47.5 Å². The van der Waals surface area contributed by atoms with Gasteiger partial charge in [0.1, 0.15) is 0 Å². The topological polar surface area (TPSA) is 32.3 Å². The minimum absolute atomic E-state index is 0.459. The number of hydrogen-bond donors (Lipinski definition) is 1. The predicted octanol–water partition coefficient (Wildman–Crippen LogP) is 2.01. The van der Waals surface area contributed by atoms with Crippen LogP contribution in [0.5, 0.6) is 0 Å². The summed E-state index contributed by atoms with van der Waals surface area (Å²) in [7, 11) is -0.673. The molecule has 0 aromatic heterocycles. The molecule has 3 unspecified atom stereocenters. The molecule has 0 spiro atoms. The highest BCUT2D eigenvalue weighted by molar-refractivity contribution is 7.84. The molecule has 3 nitrogen and oxygen atoms in total. The monoisotopic (exact) mass is 294 g/mol. The summed E-state index contributed by atoms with van der Waals surface area (Å²) in [6, 6.07) is 11.7. The summed E-state index contributed by atoms with van der Waals surface area (Å²) in [4.78, 5) is 2.51. The second kappa shape index (κ2) is 7.91. The molecular formula is C16H26N2OS.